The fourth-order valence-electron chi connectivity index (χ4n) is 5.08. The number of halogens is 2. The number of ether oxygens (including phenoxy) is 1. The Labute approximate surface area is 208 Å². The normalized spacial score (nSPS) is 17.7. The Morgan fingerprint density at radius 3 is 2.26 bits per heavy atom. The molecular formula is C30H37F2NO2. The number of rotatable bonds is 12. The van der Waals surface area contributed by atoms with Crippen molar-refractivity contribution in [3.05, 3.63) is 64.7 Å². The lowest BCUT2D eigenvalue weighted by atomic mass is 9.77. The number of esters is 1. The van der Waals surface area contributed by atoms with E-state index in [0.717, 1.165) is 30.4 Å². The molecule has 0 unspecified atom stereocenters. The lowest BCUT2D eigenvalue weighted by Crippen LogP contribution is -2.15. The molecule has 188 valence electrons. The van der Waals surface area contributed by atoms with Crippen LogP contribution in [-0.2, 0) is 6.42 Å². The fraction of sp³-hybridized carbons (Fsp3) is 0.533. The van der Waals surface area contributed by atoms with Gasteiger partial charge in [0, 0.05) is 6.07 Å². The van der Waals surface area contributed by atoms with E-state index < -0.39 is 17.6 Å². The number of carbonyl (C=O) groups is 1. The molecule has 0 amide bonds. The SMILES string of the molecule is CCCCCCCC[C@H]1CC[C@H](CCc2ccc(C(=O)Oc3ccc(C#N)c(F)c3)c(F)c2)CC1. The first-order chi connectivity index (χ1) is 17.0. The van der Waals surface area contributed by atoms with Crippen molar-refractivity contribution < 1.29 is 18.3 Å². The second kappa shape index (κ2) is 14.0. The van der Waals surface area contributed by atoms with E-state index in [1.165, 1.54) is 94.9 Å². The number of nitrogens with zero attached hydrogens (tertiary/aromatic N) is 1. The third-order valence-electron chi connectivity index (χ3n) is 7.30. The highest BCUT2D eigenvalue weighted by atomic mass is 19.1. The van der Waals surface area contributed by atoms with E-state index in [4.69, 9.17) is 10.00 Å². The average Bonchev–Trinajstić information content (AvgIpc) is 2.85. The monoisotopic (exact) mass is 481 g/mol. The van der Waals surface area contributed by atoms with Gasteiger partial charge in [0.05, 0.1) is 11.1 Å². The first-order valence-electron chi connectivity index (χ1n) is 13.2. The molecule has 0 aromatic heterocycles. The first-order valence-corrected chi connectivity index (χ1v) is 13.2. The topological polar surface area (TPSA) is 50.1 Å². The summed E-state index contributed by atoms with van der Waals surface area (Å²) in [5.74, 6) is -0.808. The highest BCUT2D eigenvalue weighted by Crippen LogP contribution is 2.34. The Balaban J connectivity index is 1.40. The zero-order valence-corrected chi connectivity index (χ0v) is 20.8. The maximum atomic E-state index is 14.6. The summed E-state index contributed by atoms with van der Waals surface area (Å²) in [4.78, 5) is 12.3. The van der Waals surface area contributed by atoms with E-state index in [-0.39, 0.29) is 16.9 Å². The molecule has 0 aliphatic heterocycles. The van der Waals surface area contributed by atoms with Crippen LogP contribution in [0.1, 0.15) is 105 Å². The summed E-state index contributed by atoms with van der Waals surface area (Å²) < 4.78 is 33.4. The molecule has 0 N–H and O–H groups in total. The highest BCUT2D eigenvalue weighted by molar-refractivity contribution is 5.91. The molecule has 1 saturated carbocycles. The second-order valence-electron chi connectivity index (χ2n) is 9.94. The van der Waals surface area contributed by atoms with Crippen LogP contribution in [0.2, 0.25) is 0 Å². The molecule has 2 aromatic carbocycles. The van der Waals surface area contributed by atoms with Gasteiger partial charge in [0.1, 0.15) is 23.5 Å². The van der Waals surface area contributed by atoms with Gasteiger partial charge in [-0.15, -0.1) is 0 Å². The standard InChI is InChI=1S/C30H37F2NO2/c1-2-3-4-5-6-7-8-22-9-11-23(12-10-22)13-14-24-15-18-27(29(32)19-24)30(34)35-26-17-16-25(21-33)28(31)20-26/h15-20,22-23H,2-14H2,1H3/t22-,23-. The number of aryl methyl sites for hydroxylation is 1. The van der Waals surface area contributed by atoms with Gasteiger partial charge in [-0.1, -0.05) is 83.6 Å². The van der Waals surface area contributed by atoms with Crippen molar-refractivity contribution in [2.45, 2.75) is 90.4 Å². The number of hydrogen-bond donors (Lipinski definition) is 0. The Hall–Kier alpha value is -2.74. The van der Waals surface area contributed by atoms with Crippen molar-refractivity contribution in [1.82, 2.24) is 0 Å². The summed E-state index contributed by atoms with van der Waals surface area (Å²) in [6.07, 6.45) is 16.5. The molecular weight excluding hydrogens is 444 g/mol. The summed E-state index contributed by atoms with van der Waals surface area (Å²) in [5, 5.41) is 8.78. The molecule has 3 nitrogen and oxygen atoms in total. The number of benzene rings is 2. The first kappa shape index (κ1) is 26.9. The molecule has 0 radical (unpaired) electrons. The summed E-state index contributed by atoms with van der Waals surface area (Å²) in [7, 11) is 0. The third kappa shape index (κ3) is 8.46. The third-order valence-corrected chi connectivity index (χ3v) is 7.30. The number of unbranched alkanes of at least 4 members (excludes halogenated alkanes) is 5. The van der Waals surface area contributed by atoms with E-state index in [9.17, 15) is 13.6 Å². The van der Waals surface area contributed by atoms with Gasteiger partial charge in [-0.2, -0.15) is 5.26 Å². The van der Waals surface area contributed by atoms with Gasteiger partial charge in [0.2, 0.25) is 0 Å². The largest absolute Gasteiger partial charge is 0.423 e. The predicted octanol–water partition coefficient (Wildman–Crippen LogP) is 8.55. The van der Waals surface area contributed by atoms with E-state index in [1.54, 1.807) is 12.1 Å². The van der Waals surface area contributed by atoms with Crippen LogP contribution in [0.25, 0.3) is 0 Å². The van der Waals surface area contributed by atoms with Gasteiger partial charge in [-0.25, -0.2) is 13.6 Å². The summed E-state index contributed by atoms with van der Waals surface area (Å²) in [6.45, 7) is 2.25. The maximum Gasteiger partial charge on any atom is 0.346 e. The highest BCUT2D eigenvalue weighted by Gasteiger charge is 2.21. The molecule has 0 spiro atoms. The van der Waals surface area contributed by atoms with E-state index in [0.29, 0.717) is 5.92 Å². The van der Waals surface area contributed by atoms with Crippen molar-refractivity contribution in [2.75, 3.05) is 0 Å². The van der Waals surface area contributed by atoms with Gasteiger partial charge >= 0.3 is 5.97 Å². The molecule has 0 bridgehead atoms. The van der Waals surface area contributed by atoms with E-state index in [1.807, 2.05) is 0 Å². The Morgan fingerprint density at radius 1 is 0.914 bits per heavy atom. The minimum absolute atomic E-state index is 0.0675. The lowest BCUT2D eigenvalue weighted by Gasteiger charge is -2.28. The van der Waals surface area contributed by atoms with Crippen LogP contribution in [0.15, 0.2) is 36.4 Å². The van der Waals surface area contributed by atoms with Gasteiger partial charge < -0.3 is 4.74 Å². The van der Waals surface area contributed by atoms with Gasteiger partial charge in [0.15, 0.2) is 0 Å². The van der Waals surface area contributed by atoms with Crippen molar-refractivity contribution in [2.24, 2.45) is 11.8 Å². The summed E-state index contributed by atoms with van der Waals surface area (Å²) in [5.41, 5.74) is 0.540. The molecule has 2 aromatic rings. The van der Waals surface area contributed by atoms with Crippen molar-refractivity contribution in [3.8, 4) is 11.8 Å². The molecule has 1 aliphatic carbocycles. The van der Waals surface area contributed by atoms with E-state index in [2.05, 4.69) is 6.92 Å². The molecule has 0 saturated heterocycles. The molecule has 3 rings (SSSR count). The Morgan fingerprint density at radius 2 is 1.60 bits per heavy atom. The lowest BCUT2D eigenvalue weighted by molar-refractivity contribution is 0.0729. The van der Waals surface area contributed by atoms with Crippen LogP contribution in [0, 0.1) is 34.8 Å². The number of nitriles is 1. The quantitative estimate of drug-likeness (QED) is 0.173. The van der Waals surface area contributed by atoms with Crippen LogP contribution in [0.4, 0.5) is 8.78 Å². The summed E-state index contributed by atoms with van der Waals surface area (Å²) >= 11 is 0. The van der Waals surface area contributed by atoms with E-state index >= 15 is 0 Å². The second-order valence-corrected chi connectivity index (χ2v) is 9.94. The average molecular weight is 482 g/mol. The molecule has 35 heavy (non-hydrogen) atoms. The molecule has 1 aliphatic rings. The van der Waals surface area contributed by atoms with Crippen LogP contribution >= 0.6 is 0 Å². The number of hydrogen-bond acceptors (Lipinski definition) is 3. The fourth-order valence-corrected chi connectivity index (χ4v) is 5.08. The maximum absolute atomic E-state index is 14.6. The Kier molecular flexibility index (Phi) is 10.7. The van der Waals surface area contributed by atoms with Crippen LogP contribution in [0.5, 0.6) is 5.75 Å². The zero-order valence-electron chi connectivity index (χ0n) is 20.8. The van der Waals surface area contributed by atoms with Crippen LogP contribution in [-0.4, -0.2) is 5.97 Å². The number of carbonyl (C=O) groups excluding carboxylic acids is 1. The van der Waals surface area contributed by atoms with Gasteiger partial charge in [-0.3, -0.25) is 0 Å². The Bertz CT molecular complexity index is 1010. The molecule has 0 atom stereocenters. The van der Waals surface area contributed by atoms with Crippen LogP contribution < -0.4 is 4.74 Å². The summed E-state index contributed by atoms with van der Waals surface area (Å²) in [6, 6.07) is 9.79. The van der Waals surface area contributed by atoms with Gasteiger partial charge in [0.25, 0.3) is 0 Å². The minimum atomic E-state index is -0.887. The van der Waals surface area contributed by atoms with Crippen molar-refractivity contribution in [3.63, 3.8) is 0 Å². The molecule has 0 heterocycles. The molecule has 5 heteroatoms. The smallest absolute Gasteiger partial charge is 0.346 e. The van der Waals surface area contributed by atoms with Crippen molar-refractivity contribution in [1.29, 1.82) is 5.26 Å². The van der Waals surface area contributed by atoms with Crippen molar-refractivity contribution >= 4 is 5.97 Å². The zero-order chi connectivity index (χ0) is 25.0. The predicted molar refractivity (Wildman–Crippen MR) is 134 cm³/mol. The minimum Gasteiger partial charge on any atom is -0.423 e. The van der Waals surface area contributed by atoms with Gasteiger partial charge in [-0.05, 0) is 54.5 Å². The molecule has 1 fully saturated rings. The van der Waals surface area contributed by atoms with Crippen LogP contribution in [0.3, 0.4) is 0 Å².